The molecule has 0 saturated heterocycles. The zero-order valence-electron chi connectivity index (χ0n) is 4.35. The predicted octanol–water partition coefficient (Wildman–Crippen LogP) is 1.79. The Balaban J connectivity index is 3.53. The van der Waals surface area contributed by atoms with Crippen molar-refractivity contribution in [1.82, 2.24) is 0 Å². The Labute approximate surface area is 70.3 Å². The fourth-order valence-corrected chi connectivity index (χ4v) is 1.81. The van der Waals surface area contributed by atoms with Crippen LogP contribution >= 0.6 is 31.9 Å². The molecule has 6 heteroatoms. The van der Waals surface area contributed by atoms with Crippen LogP contribution < -0.4 is 0 Å². The van der Waals surface area contributed by atoms with Crippen molar-refractivity contribution < 1.29 is 12.3 Å². The summed E-state index contributed by atoms with van der Waals surface area (Å²) in [6, 6.07) is 0. The van der Waals surface area contributed by atoms with Gasteiger partial charge < -0.3 is 0 Å². The lowest BCUT2D eigenvalue weighted by Crippen LogP contribution is -2.01. The van der Waals surface area contributed by atoms with Crippen LogP contribution in [0.25, 0.3) is 0 Å². The molecule has 0 aliphatic rings. The molecule has 0 aliphatic heterocycles. The highest BCUT2D eigenvalue weighted by atomic mass is 79.9. The van der Waals surface area contributed by atoms with Crippen LogP contribution in [0.5, 0.6) is 0 Å². The van der Waals surface area contributed by atoms with Gasteiger partial charge in [0.1, 0.15) is 0 Å². The van der Waals surface area contributed by atoms with Crippen LogP contribution in [-0.4, -0.2) is 17.9 Å². The first-order valence-electron chi connectivity index (χ1n) is 2.12. The highest BCUT2D eigenvalue weighted by Crippen LogP contribution is 2.13. The Morgan fingerprint density at radius 1 is 1.44 bits per heavy atom. The second-order valence-electron chi connectivity index (χ2n) is 1.42. The van der Waals surface area contributed by atoms with Crippen LogP contribution in [0.3, 0.4) is 0 Å². The Morgan fingerprint density at radius 2 is 1.89 bits per heavy atom. The molecule has 2 nitrogen and oxygen atoms in total. The Bertz CT molecular complexity index is 165. The lowest BCUT2D eigenvalue weighted by atomic mass is 10.6. The molecule has 0 spiro atoms. The minimum absolute atomic E-state index is 0.129. The third kappa shape index (κ3) is 8.84. The summed E-state index contributed by atoms with van der Waals surface area (Å²) < 4.78 is 31.2. The average Bonchev–Trinajstić information content (AvgIpc) is 1.59. The molecule has 0 aliphatic carbocycles. The van der Waals surface area contributed by atoms with Crippen molar-refractivity contribution in [2.24, 2.45) is 0 Å². The number of hydrogen-bond donors (Lipinski definition) is 0. The lowest BCUT2D eigenvalue weighted by Gasteiger charge is -1.94. The lowest BCUT2D eigenvalue weighted by molar-refractivity contribution is 0.550. The zero-order chi connectivity index (χ0) is 7.49. The van der Waals surface area contributed by atoms with Crippen molar-refractivity contribution in [1.29, 1.82) is 0 Å². The zero-order valence-corrected chi connectivity index (χ0v) is 8.34. The maximum absolute atomic E-state index is 11.7. The van der Waals surface area contributed by atoms with Gasteiger partial charge in [0.25, 0.3) is 0 Å². The molecule has 0 bridgehead atoms. The van der Waals surface area contributed by atoms with Crippen molar-refractivity contribution in [2.45, 2.75) is 10.2 Å². The third-order valence-electron chi connectivity index (χ3n) is 0.580. The summed E-state index contributed by atoms with van der Waals surface area (Å²) in [5.74, 6) is -0.436. The standard InChI is InChI=1S/C3H5Br2FO2S/c4-3(5)1-2-9(6,7)8/h3H,1-2H2. The van der Waals surface area contributed by atoms with Gasteiger partial charge in [-0.2, -0.15) is 8.42 Å². The molecular formula is C3H5Br2FO2S. The first-order chi connectivity index (χ1) is 3.92. The van der Waals surface area contributed by atoms with Crippen molar-refractivity contribution in [2.75, 3.05) is 5.75 Å². The van der Waals surface area contributed by atoms with E-state index in [-0.39, 0.29) is 10.2 Å². The molecule has 0 amide bonds. The molecule has 0 atom stereocenters. The number of alkyl halides is 2. The van der Waals surface area contributed by atoms with Crippen molar-refractivity contribution in [3.05, 3.63) is 0 Å². The molecule has 0 N–H and O–H groups in total. The first-order valence-corrected chi connectivity index (χ1v) is 5.50. The van der Waals surface area contributed by atoms with Gasteiger partial charge in [0.2, 0.25) is 0 Å². The van der Waals surface area contributed by atoms with Crippen LogP contribution in [0, 0.1) is 0 Å². The summed E-state index contributed by atoms with van der Waals surface area (Å²) >= 11 is 6.03. The van der Waals surface area contributed by atoms with Gasteiger partial charge in [-0.15, -0.1) is 3.89 Å². The summed E-state index contributed by atoms with van der Waals surface area (Å²) in [5.41, 5.74) is 0. The quantitative estimate of drug-likeness (QED) is 0.585. The van der Waals surface area contributed by atoms with Gasteiger partial charge >= 0.3 is 10.2 Å². The summed E-state index contributed by atoms with van der Waals surface area (Å²) in [6.45, 7) is 0. The molecule has 0 unspecified atom stereocenters. The summed E-state index contributed by atoms with van der Waals surface area (Å²) in [7, 11) is -4.28. The summed E-state index contributed by atoms with van der Waals surface area (Å²) in [6.07, 6.45) is 0.235. The molecule has 0 rings (SSSR count). The van der Waals surface area contributed by atoms with Crippen molar-refractivity contribution in [3.8, 4) is 0 Å². The predicted molar refractivity (Wildman–Crippen MR) is 41.2 cm³/mol. The second-order valence-corrected chi connectivity index (χ2v) is 6.35. The molecule has 0 fully saturated rings. The molecule has 0 heterocycles. The van der Waals surface area contributed by atoms with E-state index in [1.165, 1.54) is 0 Å². The highest BCUT2D eigenvalue weighted by Gasteiger charge is 2.08. The fraction of sp³-hybridized carbons (Fsp3) is 1.00. The van der Waals surface area contributed by atoms with E-state index in [0.717, 1.165) is 0 Å². The maximum atomic E-state index is 11.7. The van der Waals surface area contributed by atoms with E-state index in [0.29, 0.717) is 0 Å². The molecule has 0 saturated carbocycles. The molecule has 0 aromatic carbocycles. The molecule has 56 valence electrons. The Morgan fingerprint density at radius 3 is 2.00 bits per heavy atom. The van der Waals surface area contributed by atoms with Crippen molar-refractivity contribution in [3.63, 3.8) is 0 Å². The first kappa shape index (κ1) is 9.84. The molecular weight excluding hydrogens is 279 g/mol. The third-order valence-corrected chi connectivity index (χ3v) is 2.22. The van der Waals surface area contributed by atoms with Gasteiger partial charge in [-0.25, -0.2) is 0 Å². The molecule has 0 radical (unpaired) electrons. The number of rotatable bonds is 3. The van der Waals surface area contributed by atoms with Gasteiger partial charge in [-0.3, -0.25) is 0 Å². The van der Waals surface area contributed by atoms with Crippen molar-refractivity contribution >= 4 is 42.1 Å². The van der Waals surface area contributed by atoms with E-state index in [1.54, 1.807) is 0 Å². The maximum Gasteiger partial charge on any atom is 0.302 e. The van der Waals surface area contributed by atoms with E-state index >= 15 is 0 Å². The molecule has 0 aromatic heterocycles. The minimum atomic E-state index is -4.28. The van der Waals surface area contributed by atoms with Gasteiger partial charge in [0.05, 0.1) is 9.49 Å². The number of halogens is 3. The summed E-state index contributed by atoms with van der Waals surface area (Å²) in [4.78, 5) is 0. The van der Waals surface area contributed by atoms with E-state index < -0.39 is 16.0 Å². The topological polar surface area (TPSA) is 34.1 Å². The fourth-order valence-electron chi connectivity index (χ4n) is 0.230. The van der Waals surface area contributed by atoms with Crippen LogP contribution in [0.15, 0.2) is 0 Å². The highest BCUT2D eigenvalue weighted by molar-refractivity contribution is 9.24. The molecule has 0 aromatic rings. The Kier molecular flexibility index (Phi) is 4.24. The van der Waals surface area contributed by atoms with Gasteiger partial charge in [0.15, 0.2) is 0 Å². The van der Waals surface area contributed by atoms with E-state index in [9.17, 15) is 12.3 Å². The smallest absolute Gasteiger partial charge is 0.195 e. The van der Waals surface area contributed by atoms with Crippen LogP contribution in [-0.2, 0) is 10.2 Å². The van der Waals surface area contributed by atoms with E-state index in [2.05, 4.69) is 31.9 Å². The second kappa shape index (κ2) is 3.88. The minimum Gasteiger partial charge on any atom is -0.195 e. The van der Waals surface area contributed by atoms with Crippen LogP contribution in [0.4, 0.5) is 3.89 Å². The van der Waals surface area contributed by atoms with E-state index in [1.807, 2.05) is 0 Å². The SMILES string of the molecule is O=S(=O)(F)CCC(Br)Br. The number of hydrogen-bond acceptors (Lipinski definition) is 2. The van der Waals surface area contributed by atoms with E-state index in [4.69, 9.17) is 0 Å². The molecule has 9 heavy (non-hydrogen) atoms. The van der Waals surface area contributed by atoms with Gasteiger partial charge in [-0.05, 0) is 6.42 Å². The Hall–Kier alpha value is 0.840. The average molecular weight is 284 g/mol. The monoisotopic (exact) mass is 282 g/mol. The van der Waals surface area contributed by atoms with Gasteiger partial charge in [0, 0.05) is 0 Å². The summed E-state index contributed by atoms with van der Waals surface area (Å²) in [5, 5.41) is 0. The van der Waals surface area contributed by atoms with Crippen LogP contribution in [0.2, 0.25) is 0 Å². The normalized spacial score (nSPS) is 12.4. The van der Waals surface area contributed by atoms with Gasteiger partial charge in [-0.1, -0.05) is 31.9 Å². The largest absolute Gasteiger partial charge is 0.302 e. The van der Waals surface area contributed by atoms with Crippen LogP contribution in [0.1, 0.15) is 6.42 Å².